The molecule has 0 saturated heterocycles. The lowest BCUT2D eigenvalue weighted by Gasteiger charge is -1.90. The van der Waals surface area contributed by atoms with Gasteiger partial charge in [-0.25, -0.2) is 0 Å². The number of thiol groups is 1. The number of nitrogens with zero attached hydrogens (tertiary/aromatic N) is 1. The molecule has 0 aliphatic rings. The minimum atomic E-state index is -0.116. The Balaban J connectivity index is 2.26. The Labute approximate surface area is 95.9 Å². The fourth-order valence-electron chi connectivity index (χ4n) is 1.07. The summed E-state index contributed by atoms with van der Waals surface area (Å²) in [6.07, 6.45) is 1.64. The molecule has 76 valence electrons. The molecule has 0 aliphatic carbocycles. The standard InChI is InChI=1S/C10H8N2OS2/c13-10-12-9(14)8(15-10)6-11-7-4-2-1-3-5-7/h1-6,14H,(H,12,13). The Bertz CT molecular complexity index is 528. The lowest BCUT2D eigenvalue weighted by molar-refractivity contribution is 1.16. The van der Waals surface area contributed by atoms with Crippen molar-refractivity contribution < 1.29 is 0 Å². The zero-order valence-corrected chi connectivity index (χ0v) is 9.39. The van der Waals surface area contributed by atoms with Crippen LogP contribution in [-0.4, -0.2) is 11.2 Å². The van der Waals surface area contributed by atoms with Crippen LogP contribution < -0.4 is 4.87 Å². The van der Waals surface area contributed by atoms with E-state index in [1.54, 1.807) is 6.21 Å². The minimum Gasteiger partial charge on any atom is -0.307 e. The Morgan fingerprint density at radius 1 is 1.33 bits per heavy atom. The highest BCUT2D eigenvalue weighted by Crippen LogP contribution is 2.14. The highest BCUT2D eigenvalue weighted by molar-refractivity contribution is 7.80. The number of nitrogens with one attached hydrogen (secondary N) is 1. The zero-order valence-electron chi connectivity index (χ0n) is 7.68. The van der Waals surface area contributed by atoms with E-state index in [0.717, 1.165) is 21.9 Å². The van der Waals surface area contributed by atoms with Crippen molar-refractivity contribution in [3.63, 3.8) is 0 Å². The van der Waals surface area contributed by atoms with Gasteiger partial charge in [-0.2, -0.15) is 0 Å². The first-order valence-electron chi connectivity index (χ1n) is 4.27. The molecular weight excluding hydrogens is 228 g/mol. The summed E-state index contributed by atoms with van der Waals surface area (Å²) in [5, 5.41) is 0.560. The van der Waals surface area contributed by atoms with Gasteiger partial charge < -0.3 is 4.98 Å². The zero-order chi connectivity index (χ0) is 10.7. The second-order valence-corrected chi connectivity index (χ2v) is 4.28. The van der Waals surface area contributed by atoms with Gasteiger partial charge in [0.25, 0.3) is 0 Å². The van der Waals surface area contributed by atoms with Crippen LogP contribution in [0, 0.1) is 0 Å². The van der Waals surface area contributed by atoms with Crippen molar-refractivity contribution in [1.82, 2.24) is 4.98 Å². The summed E-state index contributed by atoms with van der Waals surface area (Å²) in [4.78, 5) is 18.4. The molecule has 0 bridgehead atoms. The van der Waals surface area contributed by atoms with Crippen LogP contribution in [0.3, 0.4) is 0 Å². The van der Waals surface area contributed by atoms with E-state index in [2.05, 4.69) is 22.6 Å². The Morgan fingerprint density at radius 2 is 2.07 bits per heavy atom. The number of H-pyrrole nitrogens is 1. The molecule has 0 atom stereocenters. The molecule has 1 aromatic heterocycles. The molecule has 1 N–H and O–H groups in total. The number of aromatic amines is 1. The molecular formula is C10H8N2OS2. The number of para-hydroxylation sites is 1. The average molecular weight is 236 g/mol. The summed E-state index contributed by atoms with van der Waals surface area (Å²) < 4.78 is 0. The predicted octanol–water partition coefficient (Wildman–Crippen LogP) is 2.48. The molecule has 5 heteroatoms. The van der Waals surface area contributed by atoms with Crippen molar-refractivity contribution in [3.8, 4) is 0 Å². The number of thiazole rings is 1. The van der Waals surface area contributed by atoms with E-state index in [0.29, 0.717) is 5.03 Å². The van der Waals surface area contributed by atoms with Crippen LogP contribution in [0.2, 0.25) is 0 Å². The number of hydrogen-bond donors (Lipinski definition) is 2. The first-order valence-corrected chi connectivity index (χ1v) is 5.53. The molecule has 2 aromatic rings. The van der Waals surface area contributed by atoms with Gasteiger partial charge in [0.2, 0.25) is 0 Å². The second kappa shape index (κ2) is 4.46. The minimum absolute atomic E-state index is 0.116. The maximum Gasteiger partial charge on any atom is 0.305 e. The van der Waals surface area contributed by atoms with Crippen molar-refractivity contribution >= 4 is 35.9 Å². The maximum atomic E-state index is 11.0. The quantitative estimate of drug-likeness (QED) is 0.610. The third-order valence-corrected chi connectivity index (χ3v) is 3.06. The first-order chi connectivity index (χ1) is 7.25. The van der Waals surface area contributed by atoms with Crippen molar-refractivity contribution in [2.24, 2.45) is 4.99 Å². The van der Waals surface area contributed by atoms with Crippen molar-refractivity contribution in [2.45, 2.75) is 5.03 Å². The smallest absolute Gasteiger partial charge is 0.305 e. The Kier molecular flexibility index (Phi) is 3.03. The molecule has 15 heavy (non-hydrogen) atoms. The van der Waals surface area contributed by atoms with Gasteiger partial charge in [-0.15, -0.1) is 12.6 Å². The van der Waals surface area contributed by atoms with E-state index in [1.165, 1.54) is 0 Å². The average Bonchev–Trinajstić information content (AvgIpc) is 2.56. The summed E-state index contributed by atoms with van der Waals surface area (Å²) in [6, 6.07) is 9.54. The van der Waals surface area contributed by atoms with Crippen molar-refractivity contribution in [2.75, 3.05) is 0 Å². The largest absolute Gasteiger partial charge is 0.307 e. The van der Waals surface area contributed by atoms with Crippen LogP contribution in [0.5, 0.6) is 0 Å². The third-order valence-electron chi connectivity index (χ3n) is 1.74. The maximum absolute atomic E-state index is 11.0. The highest BCUT2D eigenvalue weighted by Gasteiger charge is 2.00. The van der Waals surface area contributed by atoms with E-state index in [1.807, 2.05) is 30.3 Å². The van der Waals surface area contributed by atoms with Crippen LogP contribution >= 0.6 is 24.0 Å². The number of rotatable bonds is 2. The van der Waals surface area contributed by atoms with Gasteiger partial charge in [0, 0.05) is 6.21 Å². The SMILES string of the molecule is O=c1[nH]c(S)c(C=Nc2ccccc2)s1. The number of aromatic nitrogens is 1. The van der Waals surface area contributed by atoms with Gasteiger partial charge in [-0.05, 0) is 12.1 Å². The normalized spacial score (nSPS) is 11.0. The van der Waals surface area contributed by atoms with Crippen LogP contribution in [-0.2, 0) is 0 Å². The summed E-state index contributed by atoms with van der Waals surface area (Å²) in [5.41, 5.74) is 0.853. The van der Waals surface area contributed by atoms with E-state index >= 15 is 0 Å². The lowest BCUT2D eigenvalue weighted by atomic mass is 10.3. The summed E-state index contributed by atoms with van der Waals surface area (Å²) >= 11 is 5.23. The van der Waals surface area contributed by atoms with E-state index in [4.69, 9.17) is 0 Å². The molecule has 0 spiro atoms. The third kappa shape index (κ3) is 2.57. The number of hydrogen-bond acceptors (Lipinski definition) is 4. The Morgan fingerprint density at radius 3 is 2.67 bits per heavy atom. The van der Waals surface area contributed by atoms with Crippen molar-refractivity contribution in [3.05, 3.63) is 44.9 Å². The van der Waals surface area contributed by atoms with Gasteiger partial charge in [-0.1, -0.05) is 29.5 Å². The molecule has 0 amide bonds. The van der Waals surface area contributed by atoms with Gasteiger partial charge in [0.1, 0.15) is 0 Å². The fourth-order valence-corrected chi connectivity index (χ4v) is 2.04. The molecule has 0 aliphatic heterocycles. The monoisotopic (exact) mass is 236 g/mol. The highest BCUT2D eigenvalue weighted by atomic mass is 32.1. The van der Waals surface area contributed by atoms with E-state index in [9.17, 15) is 4.79 Å². The molecule has 3 nitrogen and oxygen atoms in total. The molecule has 1 aromatic carbocycles. The second-order valence-electron chi connectivity index (χ2n) is 2.82. The van der Waals surface area contributed by atoms with Crippen LogP contribution in [0.4, 0.5) is 5.69 Å². The molecule has 2 rings (SSSR count). The van der Waals surface area contributed by atoms with Crippen LogP contribution in [0.15, 0.2) is 45.1 Å². The van der Waals surface area contributed by atoms with Crippen LogP contribution in [0.25, 0.3) is 0 Å². The summed E-state index contributed by atoms with van der Waals surface area (Å²) in [7, 11) is 0. The van der Waals surface area contributed by atoms with Gasteiger partial charge in [0.05, 0.1) is 15.6 Å². The summed E-state index contributed by atoms with van der Waals surface area (Å²) in [6.45, 7) is 0. The van der Waals surface area contributed by atoms with Gasteiger partial charge >= 0.3 is 4.87 Å². The van der Waals surface area contributed by atoms with Gasteiger partial charge in [0.15, 0.2) is 0 Å². The molecule has 0 fully saturated rings. The molecule has 0 radical (unpaired) electrons. The van der Waals surface area contributed by atoms with Crippen LogP contribution in [0.1, 0.15) is 4.88 Å². The molecule has 0 saturated carbocycles. The lowest BCUT2D eigenvalue weighted by Crippen LogP contribution is -1.89. The van der Waals surface area contributed by atoms with E-state index < -0.39 is 0 Å². The predicted molar refractivity (Wildman–Crippen MR) is 65.9 cm³/mol. The molecule has 0 unspecified atom stereocenters. The first kappa shape index (κ1) is 10.2. The van der Waals surface area contributed by atoms with Gasteiger partial charge in [-0.3, -0.25) is 9.79 Å². The number of benzene rings is 1. The van der Waals surface area contributed by atoms with E-state index in [-0.39, 0.29) is 4.87 Å². The fraction of sp³-hybridized carbons (Fsp3) is 0. The van der Waals surface area contributed by atoms with Crippen molar-refractivity contribution in [1.29, 1.82) is 0 Å². The molecule has 1 heterocycles. The topological polar surface area (TPSA) is 45.2 Å². The Hall–Kier alpha value is -1.33. The number of aliphatic imine (C=N–C) groups is 1. The summed E-state index contributed by atoms with van der Waals surface area (Å²) in [5.74, 6) is 0.